The summed E-state index contributed by atoms with van der Waals surface area (Å²) in [6.07, 6.45) is 1.00. The quantitative estimate of drug-likeness (QED) is 0.856. The molecule has 1 aromatic carbocycles. The van der Waals surface area contributed by atoms with Crippen LogP contribution in [0.2, 0.25) is 0 Å². The summed E-state index contributed by atoms with van der Waals surface area (Å²) < 4.78 is 24.9. The van der Waals surface area contributed by atoms with Crippen molar-refractivity contribution >= 4 is 15.7 Å². The van der Waals surface area contributed by atoms with E-state index < -0.39 is 10.0 Å². The predicted octanol–water partition coefficient (Wildman–Crippen LogP) is 1.76. The largest absolute Gasteiger partial charge is 0.385 e. The summed E-state index contributed by atoms with van der Waals surface area (Å²) in [6.45, 7) is 2.90. The molecule has 0 atom stereocenters. The third-order valence-electron chi connectivity index (χ3n) is 2.19. The fraction of sp³-hybridized carbons (Fsp3) is 0.455. The van der Waals surface area contributed by atoms with E-state index in [2.05, 4.69) is 12.2 Å². The maximum absolute atomic E-state index is 11.9. The molecule has 1 aromatic rings. The van der Waals surface area contributed by atoms with Gasteiger partial charge in [0.1, 0.15) is 0 Å². The molecule has 0 saturated carbocycles. The first-order valence-electron chi connectivity index (χ1n) is 5.25. The molecule has 90 valence electrons. The van der Waals surface area contributed by atoms with E-state index in [-0.39, 0.29) is 0 Å². The zero-order chi connectivity index (χ0) is 12.2. The van der Waals surface area contributed by atoms with Crippen LogP contribution in [0.1, 0.15) is 13.3 Å². The van der Waals surface area contributed by atoms with Crippen molar-refractivity contribution in [1.82, 2.24) is 4.31 Å². The van der Waals surface area contributed by atoms with Crippen molar-refractivity contribution in [1.29, 1.82) is 0 Å². The van der Waals surface area contributed by atoms with Gasteiger partial charge in [-0.3, -0.25) is 0 Å². The van der Waals surface area contributed by atoms with Crippen LogP contribution >= 0.6 is 0 Å². The van der Waals surface area contributed by atoms with Gasteiger partial charge in [0.15, 0.2) is 0 Å². The van der Waals surface area contributed by atoms with Gasteiger partial charge in [0.25, 0.3) is 0 Å². The Morgan fingerprint density at radius 1 is 1.31 bits per heavy atom. The second-order valence-electron chi connectivity index (χ2n) is 3.74. The molecule has 0 radical (unpaired) electrons. The number of nitrogens with one attached hydrogen (secondary N) is 1. The number of hydrogen-bond donors (Lipinski definition) is 1. The maximum Gasteiger partial charge on any atom is 0.242 e. The summed E-state index contributed by atoms with van der Waals surface area (Å²) in [4.78, 5) is 0.318. The molecule has 0 aliphatic rings. The minimum atomic E-state index is -3.33. The van der Waals surface area contributed by atoms with E-state index in [0.717, 1.165) is 18.7 Å². The molecule has 0 aliphatic heterocycles. The molecule has 16 heavy (non-hydrogen) atoms. The Balaban J connectivity index is 2.99. The second kappa shape index (κ2) is 5.32. The van der Waals surface area contributed by atoms with Crippen molar-refractivity contribution in [2.24, 2.45) is 0 Å². The number of hydrogen-bond acceptors (Lipinski definition) is 3. The van der Waals surface area contributed by atoms with Crippen LogP contribution in [0.3, 0.4) is 0 Å². The van der Waals surface area contributed by atoms with Crippen LogP contribution in [0, 0.1) is 0 Å². The van der Waals surface area contributed by atoms with Crippen LogP contribution in [0.15, 0.2) is 29.2 Å². The van der Waals surface area contributed by atoms with Gasteiger partial charge < -0.3 is 5.32 Å². The SMILES string of the molecule is CCCNc1cccc(S(=O)(=O)N(C)C)c1. The molecule has 0 unspecified atom stereocenters. The van der Waals surface area contributed by atoms with Gasteiger partial charge in [-0.25, -0.2) is 12.7 Å². The molecule has 0 heterocycles. The summed E-state index contributed by atoms with van der Waals surface area (Å²) in [7, 11) is -0.273. The molecule has 0 spiro atoms. The van der Waals surface area contributed by atoms with E-state index in [0.29, 0.717) is 4.90 Å². The number of sulfonamides is 1. The van der Waals surface area contributed by atoms with E-state index >= 15 is 0 Å². The smallest absolute Gasteiger partial charge is 0.242 e. The highest BCUT2D eigenvalue weighted by Crippen LogP contribution is 2.17. The summed E-state index contributed by atoms with van der Waals surface area (Å²) in [5, 5.41) is 3.16. The first-order chi connectivity index (χ1) is 7.48. The van der Waals surface area contributed by atoms with Gasteiger partial charge in [-0.05, 0) is 24.6 Å². The minimum absolute atomic E-state index is 0.318. The molecule has 0 bridgehead atoms. The van der Waals surface area contributed by atoms with Gasteiger partial charge in [-0.15, -0.1) is 0 Å². The number of benzene rings is 1. The molecule has 0 aromatic heterocycles. The normalized spacial score (nSPS) is 11.8. The van der Waals surface area contributed by atoms with Crippen LogP contribution < -0.4 is 5.32 Å². The Labute approximate surface area is 97.3 Å². The molecule has 4 nitrogen and oxygen atoms in total. The number of nitrogens with zero attached hydrogens (tertiary/aromatic N) is 1. The van der Waals surface area contributed by atoms with Crippen LogP contribution in [0.5, 0.6) is 0 Å². The van der Waals surface area contributed by atoms with Crippen molar-refractivity contribution in [3.63, 3.8) is 0 Å². The van der Waals surface area contributed by atoms with Crippen molar-refractivity contribution in [2.75, 3.05) is 26.0 Å². The highest BCUT2D eigenvalue weighted by atomic mass is 32.2. The summed E-state index contributed by atoms with van der Waals surface area (Å²) in [6, 6.07) is 6.87. The van der Waals surface area contributed by atoms with Gasteiger partial charge in [0, 0.05) is 26.3 Å². The van der Waals surface area contributed by atoms with Gasteiger partial charge in [0.2, 0.25) is 10.0 Å². The lowest BCUT2D eigenvalue weighted by atomic mass is 10.3. The summed E-state index contributed by atoms with van der Waals surface area (Å²) in [5.41, 5.74) is 0.838. The Morgan fingerprint density at radius 2 is 2.00 bits per heavy atom. The standard InChI is InChI=1S/C11H18N2O2S/c1-4-8-12-10-6-5-7-11(9-10)16(14,15)13(2)3/h5-7,9,12H,4,8H2,1-3H3. The van der Waals surface area contributed by atoms with Crippen LogP contribution in [-0.2, 0) is 10.0 Å². The monoisotopic (exact) mass is 242 g/mol. The van der Waals surface area contributed by atoms with Crippen molar-refractivity contribution < 1.29 is 8.42 Å². The highest BCUT2D eigenvalue weighted by Gasteiger charge is 2.16. The Bertz CT molecular complexity index is 441. The lowest BCUT2D eigenvalue weighted by Crippen LogP contribution is -2.22. The van der Waals surface area contributed by atoms with E-state index in [1.165, 1.54) is 18.4 Å². The van der Waals surface area contributed by atoms with Crippen molar-refractivity contribution in [2.45, 2.75) is 18.2 Å². The first kappa shape index (κ1) is 13.0. The van der Waals surface area contributed by atoms with E-state index in [1.807, 2.05) is 6.07 Å². The maximum atomic E-state index is 11.9. The average Bonchev–Trinajstić information content (AvgIpc) is 2.26. The summed E-state index contributed by atoms with van der Waals surface area (Å²) >= 11 is 0. The Kier molecular flexibility index (Phi) is 4.32. The molecule has 0 aliphatic carbocycles. The zero-order valence-corrected chi connectivity index (χ0v) is 10.7. The molecular weight excluding hydrogens is 224 g/mol. The van der Waals surface area contributed by atoms with Gasteiger partial charge in [0.05, 0.1) is 4.90 Å². The molecular formula is C11H18N2O2S. The fourth-order valence-electron chi connectivity index (χ4n) is 1.25. The lowest BCUT2D eigenvalue weighted by Gasteiger charge is -2.12. The third kappa shape index (κ3) is 2.96. The van der Waals surface area contributed by atoms with E-state index in [4.69, 9.17) is 0 Å². The molecule has 0 saturated heterocycles. The third-order valence-corrected chi connectivity index (χ3v) is 4.00. The number of rotatable bonds is 5. The van der Waals surface area contributed by atoms with Crippen molar-refractivity contribution in [3.8, 4) is 0 Å². The Hall–Kier alpha value is -1.07. The van der Waals surface area contributed by atoms with E-state index in [9.17, 15) is 8.42 Å². The minimum Gasteiger partial charge on any atom is -0.385 e. The molecule has 5 heteroatoms. The molecule has 1 N–H and O–H groups in total. The highest BCUT2D eigenvalue weighted by molar-refractivity contribution is 7.89. The molecule has 1 rings (SSSR count). The Morgan fingerprint density at radius 3 is 2.56 bits per heavy atom. The topological polar surface area (TPSA) is 49.4 Å². The van der Waals surface area contributed by atoms with Crippen LogP contribution in [-0.4, -0.2) is 33.4 Å². The molecule has 0 amide bonds. The average molecular weight is 242 g/mol. The molecule has 0 fully saturated rings. The number of anilines is 1. The van der Waals surface area contributed by atoms with Gasteiger partial charge >= 0.3 is 0 Å². The van der Waals surface area contributed by atoms with E-state index in [1.54, 1.807) is 18.2 Å². The van der Waals surface area contributed by atoms with Crippen LogP contribution in [0.4, 0.5) is 5.69 Å². The first-order valence-corrected chi connectivity index (χ1v) is 6.69. The van der Waals surface area contributed by atoms with Gasteiger partial charge in [-0.1, -0.05) is 13.0 Å². The van der Waals surface area contributed by atoms with Gasteiger partial charge in [-0.2, -0.15) is 0 Å². The van der Waals surface area contributed by atoms with Crippen LogP contribution in [0.25, 0.3) is 0 Å². The predicted molar refractivity (Wildman–Crippen MR) is 66.1 cm³/mol. The zero-order valence-electron chi connectivity index (χ0n) is 9.90. The van der Waals surface area contributed by atoms with Crippen molar-refractivity contribution in [3.05, 3.63) is 24.3 Å². The summed E-state index contributed by atoms with van der Waals surface area (Å²) in [5.74, 6) is 0. The second-order valence-corrected chi connectivity index (χ2v) is 5.89. The fourth-order valence-corrected chi connectivity index (χ4v) is 2.19. The lowest BCUT2D eigenvalue weighted by molar-refractivity contribution is 0.521.